The first-order chi connectivity index (χ1) is 5.24. The van der Waals surface area contributed by atoms with E-state index < -0.39 is 0 Å². The highest BCUT2D eigenvalue weighted by Gasteiger charge is 2.22. The molecule has 0 saturated heterocycles. The van der Waals surface area contributed by atoms with Crippen molar-refractivity contribution in [3.63, 3.8) is 0 Å². The van der Waals surface area contributed by atoms with Crippen molar-refractivity contribution < 1.29 is 4.79 Å². The van der Waals surface area contributed by atoms with Gasteiger partial charge in [-0.15, -0.1) is 0 Å². The largest absolute Gasteiger partial charge is 0.359 e. The van der Waals surface area contributed by atoms with Gasteiger partial charge in [0.1, 0.15) is 0 Å². The first kappa shape index (κ1) is 8.57. The van der Waals surface area contributed by atoms with Crippen LogP contribution in [0.25, 0.3) is 0 Å². The fourth-order valence-corrected chi connectivity index (χ4v) is 1.73. The molecule has 0 unspecified atom stereocenters. The molecule has 0 spiro atoms. The zero-order chi connectivity index (χ0) is 8.27. The van der Waals surface area contributed by atoms with Crippen LogP contribution >= 0.6 is 0 Å². The lowest BCUT2D eigenvalue weighted by molar-refractivity contribution is -0.125. The summed E-state index contributed by atoms with van der Waals surface area (Å²) in [4.78, 5) is 11.2. The Hall–Kier alpha value is -0.530. The van der Waals surface area contributed by atoms with Crippen LogP contribution in [0.1, 0.15) is 32.6 Å². The van der Waals surface area contributed by atoms with Gasteiger partial charge < -0.3 is 5.32 Å². The van der Waals surface area contributed by atoms with Gasteiger partial charge in [-0.25, -0.2) is 0 Å². The molecule has 11 heavy (non-hydrogen) atoms. The van der Waals surface area contributed by atoms with E-state index >= 15 is 0 Å². The Morgan fingerprint density at radius 2 is 1.82 bits per heavy atom. The Labute approximate surface area is 68.4 Å². The Balaban J connectivity index is 2.33. The maximum absolute atomic E-state index is 11.2. The normalized spacial score (nSPS) is 31.5. The third-order valence-electron chi connectivity index (χ3n) is 2.63. The predicted molar refractivity (Wildman–Crippen MR) is 45.2 cm³/mol. The molecule has 0 heterocycles. The van der Waals surface area contributed by atoms with Crippen LogP contribution in [-0.2, 0) is 4.79 Å². The van der Waals surface area contributed by atoms with Crippen molar-refractivity contribution in [3.05, 3.63) is 0 Å². The molecule has 2 nitrogen and oxygen atoms in total. The van der Waals surface area contributed by atoms with Gasteiger partial charge in [0, 0.05) is 13.0 Å². The zero-order valence-corrected chi connectivity index (χ0v) is 7.39. The molecule has 0 radical (unpaired) electrons. The predicted octanol–water partition coefficient (Wildman–Crippen LogP) is 1.56. The summed E-state index contributed by atoms with van der Waals surface area (Å²) in [5.74, 6) is 1.36. The molecule has 1 saturated carbocycles. The van der Waals surface area contributed by atoms with Crippen LogP contribution in [0.2, 0.25) is 0 Å². The Kier molecular flexibility index (Phi) is 2.92. The SMILES string of the molecule is CNC(=O)[C@H]1CC[C@@H](C)CC1. The van der Waals surface area contributed by atoms with Crippen LogP contribution in [0.5, 0.6) is 0 Å². The summed E-state index contributed by atoms with van der Waals surface area (Å²) in [6, 6.07) is 0. The van der Waals surface area contributed by atoms with E-state index in [2.05, 4.69) is 12.2 Å². The molecule has 0 aromatic carbocycles. The van der Waals surface area contributed by atoms with E-state index in [1.165, 1.54) is 12.8 Å². The number of carbonyl (C=O) groups excluding carboxylic acids is 1. The van der Waals surface area contributed by atoms with Gasteiger partial charge in [-0.1, -0.05) is 6.92 Å². The molecule has 0 bridgehead atoms. The van der Waals surface area contributed by atoms with Crippen LogP contribution in [0.3, 0.4) is 0 Å². The molecule has 1 fully saturated rings. The molecule has 1 amide bonds. The summed E-state index contributed by atoms with van der Waals surface area (Å²) in [5, 5.41) is 2.71. The molecule has 1 N–H and O–H groups in total. The zero-order valence-electron chi connectivity index (χ0n) is 7.39. The number of nitrogens with one attached hydrogen (secondary N) is 1. The van der Waals surface area contributed by atoms with E-state index in [9.17, 15) is 4.79 Å². The second kappa shape index (κ2) is 3.74. The van der Waals surface area contributed by atoms with Crippen molar-refractivity contribution in [2.24, 2.45) is 11.8 Å². The van der Waals surface area contributed by atoms with Crippen molar-refractivity contribution in [2.75, 3.05) is 7.05 Å². The third-order valence-corrected chi connectivity index (χ3v) is 2.63. The van der Waals surface area contributed by atoms with E-state index in [-0.39, 0.29) is 5.91 Å². The minimum atomic E-state index is 0.233. The molecule has 0 atom stereocenters. The molecule has 1 aliphatic rings. The number of hydrogen-bond donors (Lipinski definition) is 1. The van der Waals surface area contributed by atoms with Gasteiger partial charge >= 0.3 is 0 Å². The number of amides is 1. The number of carbonyl (C=O) groups is 1. The highest BCUT2D eigenvalue weighted by atomic mass is 16.1. The van der Waals surface area contributed by atoms with Gasteiger partial charge in [-0.2, -0.15) is 0 Å². The lowest BCUT2D eigenvalue weighted by atomic mass is 9.83. The quantitative estimate of drug-likeness (QED) is 0.611. The molecule has 0 aliphatic heterocycles. The third kappa shape index (κ3) is 2.21. The molecular formula is C9H17NO. The number of rotatable bonds is 1. The standard InChI is InChI=1S/C9H17NO/c1-7-3-5-8(6-4-7)9(11)10-2/h7-8H,3-6H2,1-2H3,(H,10,11)/t7-,8+. The van der Waals surface area contributed by atoms with Crippen molar-refractivity contribution in [1.29, 1.82) is 0 Å². The number of hydrogen-bond acceptors (Lipinski definition) is 1. The molecule has 0 aromatic heterocycles. The molecular weight excluding hydrogens is 138 g/mol. The van der Waals surface area contributed by atoms with Gasteiger partial charge in [-0.05, 0) is 31.6 Å². The maximum atomic E-state index is 11.2. The van der Waals surface area contributed by atoms with Crippen LogP contribution in [0.4, 0.5) is 0 Å². The Bertz CT molecular complexity index is 136. The van der Waals surface area contributed by atoms with E-state index in [1.54, 1.807) is 7.05 Å². The van der Waals surface area contributed by atoms with Gasteiger partial charge in [0.25, 0.3) is 0 Å². The lowest BCUT2D eigenvalue weighted by Crippen LogP contribution is -2.30. The van der Waals surface area contributed by atoms with Crippen LogP contribution in [0, 0.1) is 11.8 Å². The summed E-state index contributed by atoms with van der Waals surface area (Å²) in [6.45, 7) is 2.26. The van der Waals surface area contributed by atoms with E-state index in [0.717, 1.165) is 18.8 Å². The monoisotopic (exact) mass is 155 g/mol. The summed E-state index contributed by atoms with van der Waals surface area (Å²) < 4.78 is 0. The first-order valence-corrected chi connectivity index (χ1v) is 4.45. The summed E-state index contributed by atoms with van der Waals surface area (Å²) in [6.07, 6.45) is 4.61. The molecule has 1 aliphatic carbocycles. The minimum absolute atomic E-state index is 0.233. The van der Waals surface area contributed by atoms with Gasteiger partial charge in [0.05, 0.1) is 0 Å². The van der Waals surface area contributed by atoms with Crippen molar-refractivity contribution in [3.8, 4) is 0 Å². The van der Waals surface area contributed by atoms with Gasteiger partial charge in [-0.3, -0.25) is 4.79 Å². The van der Waals surface area contributed by atoms with Gasteiger partial charge in [0.2, 0.25) is 5.91 Å². The molecule has 2 heteroatoms. The second-order valence-electron chi connectivity index (χ2n) is 3.57. The fraction of sp³-hybridized carbons (Fsp3) is 0.889. The summed E-state index contributed by atoms with van der Waals surface area (Å²) in [5.41, 5.74) is 0. The summed E-state index contributed by atoms with van der Waals surface area (Å²) in [7, 11) is 1.72. The lowest BCUT2D eigenvalue weighted by Gasteiger charge is -2.24. The van der Waals surface area contributed by atoms with Crippen molar-refractivity contribution in [2.45, 2.75) is 32.6 Å². The van der Waals surface area contributed by atoms with E-state index in [1.807, 2.05) is 0 Å². The Morgan fingerprint density at radius 3 is 2.27 bits per heavy atom. The highest BCUT2D eigenvalue weighted by Crippen LogP contribution is 2.27. The van der Waals surface area contributed by atoms with Crippen LogP contribution in [0.15, 0.2) is 0 Å². The average Bonchev–Trinajstić information content (AvgIpc) is 2.05. The fourth-order valence-electron chi connectivity index (χ4n) is 1.73. The minimum Gasteiger partial charge on any atom is -0.359 e. The maximum Gasteiger partial charge on any atom is 0.222 e. The van der Waals surface area contributed by atoms with Crippen LogP contribution in [-0.4, -0.2) is 13.0 Å². The topological polar surface area (TPSA) is 29.1 Å². The van der Waals surface area contributed by atoms with Crippen molar-refractivity contribution in [1.82, 2.24) is 5.32 Å². The first-order valence-electron chi connectivity index (χ1n) is 4.45. The second-order valence-corrected chi connectivity index (χ2v) is 3.57. The van der Waals surface area contributed by atoms with Crippen LogP contribution < -0.4 is 5.32 Å². The summed E-state index contributed by atoms with van der Waals surface area (Å²) >= 11 is 0. The van der Waals surface area contributed by atoms with Gasteiger partial charge in [0.15, 0.2) is 0 Å². The smallest absolute Gasteiger partial charge is 0.222 e. The molecule has 64 valence electrons. The van der Waals surface area contributed by atoms with E-state index in [4.69, 9.17) is 0 Å². The molecule has 0 aromatic rings. The highest BCUT2D eigenvalue weighted by molar-refractivity contribution is 5.78. The molecule has 1 rings (SSSR count). The average molecular weight is 155 g/mol. The Morgan fingerprint density at radius 1 is 1.27 bits per heavy atom. The van der Waals surface area contributed by atoms with E-state index in [0.29, 0.717) is 5.92 Å². The van der Waals surface area contributed by atoms with Crippen molar-refractivity contribution >= 4 is 5.91 Å².